The van der Waals surface area contributed by atoms with Gasteiger partial charge in [0.15, 0.2) is 0 Å². The van der Waals surface area contributed by atoms with E-state index in [0.717, 1.165) is 0 Å². The first-order valence-corrected chi connectivity index (χ1v) is 8.02. The van der Waals surface area contributed by atoms with Gasteiger partial charge in [0.2, 0.25) is 0 Å². The summed E-state index contributed by atoms with van der Waals surface area (Å²) in [7, 11) is 0. The summed E-state index contributed by atoms with van der Waals surface area (Å²) in [6, 6.07) is 14.1. The summed E-state index contributed by atoms with van der Waals surface area (Å²) in [5, 5.41) is 6.36. The number of pyridine rings is 1. The van der Waals surface area contributed by atoms with Gasteiger partial charge in [0, 0.05) is 17.6 Å². The van der Waals surface area contributed by atoms with E-state index in [4.69, 9.17) is 23.2 Å². The van der Waals surface area contributed by atoms with Gasteiger partial charge in [-0.2, -0.15) is 0 Å². The number of rotatable bonds is 4. The summed E-state index contributed by atoms with van der Waals surface area (Å²) in [5.41, 5.74) is 1.93. The van der Waals surface area contributed by atoms with E-state index in [1.807, 2.05) is 0 Å². The maximum absolute atomic E-state index is 13.0. The lowest BCUT2D eigenvalue weighted by atomic mass is 10.2. The molecule has 7 heteroatoms. The molecule has 0 saturated carbocycles. The SMILES string of the molecule is O=C(Nc1cccc(Cl)c1Cl)c1cc(Nc2ccc(F)cc2)ccn1. The molecule has 0 spiro atoms. The van der Waals surface area contributed by atoms with E-state index in [-0.39, 0.29) is 16.5 Å². The van der Waals surface area contributed by atoms with E-state index in [2.05, 4.69) is 15.6 Å². The Labute approximate surface area is 153 Å². The molecule has 0 bridgehead atoms. The largest absolute Gasteiger partial charge is 0.355 e. The Morgan fingerprint density at radius 2 is 1.76 bits per heavy atom. The van der Waals surface area contributed by atoms with Gasteiger partial charge in [-0.05, 0) is 48.5 Å². The standard InChI is InChI=1S/C18H12Cl2FN3O/c19-14-2-1-3-15(17(14)20)24-18(25)16-10-13(8-9-22-16)23-12-6-4-11(21)5-7-12/h1-10H,(H,22,23)(H,24,25). The number of amides is 1. The quantitative estimate of drug-likeness (QED) is 0.630. The number of carbonyl (C=O) groups is 1. The molecule has 1 heterocycles. The molecule has 3 rings (SSSR count). The highest BCUT2D eigenvalue weighted by Crippen LogP contribution is 2.29. The smallest absolute Gasteiger partial charge is 0.274 e. The highest BCUT2D eigenvalue weighted by atomic mass is 35.5. The zero-order valence-electron chi connectivity index (χ0n) is 12.8. The van der Waals surface area contributed by atoms with Crippen LogP contribution in [0, 0.1) is 5.82 Å². The van der Waals surface area contributed by atoms with Gasteiger partial charge in [0.05, 0.1) is 15.7 Å². The van der Waals surface area contributed by atoms with Crippen molar-refractivity contribution in [3.05, 3.63) is 82.4 Å². The second kappa shape index (κ2) is 7.51. The molecule has 3 aromatic rings. The number of carbonyl (C=O) groups excluding carboxylic acids is 1. The Hall–Kier alpha value is -2.63. The molecular formula is C18H12Cl2FN3O. The number of benzene rings is 2. The molecule has 126 valence electrons. The molecule has 1 aromatic heterocycles. The second-order valence-electron chi connectivity index (χ2n) is 5.12. The van der Waals surface area contributed by atoms with E-state index in [1.165, 1.54) is 18.3 Å². The fourth-order valence-electron chi connectivity index (χ4n) is 2.12. The summed E-state index contributed by atoms with van der Waals surface area (Å²) in [6.45, 7) is 0. The Bertz CT molecular complexity index is 916. The molecule has 0 aliphatic heterocycles. The Balaban J connectivity index is 1.77. The summed E-state index contributed by atoms with van der Waals surface area (Å²) in [6.07, 6.45) is 1.50. The third-order valence-electron chi connectivity index (χ3n) is 3.33. The number of halogens is 3. The predicted molar refractivity (Wildman–Crippen MR) is 98.3 cm³/mol. The minimum atomic E-state index is -0.424. The van der Waals surface area contributed by atoms with Crippen LogP contribution in [0.1, 0.15) is 10.5 Å². The Kier molecular flexibility index (Phi) is 5.16. The van der Waals surface area contributed by atoms with Crippen LogP contribution in [0.5, 0.6) is 0 Å². The van der Waals surface area contributed by atoms with Crippen molar-refractivity contribution >= 4 is 46.2 Å². The predicted octanol–water partition coefficient (Wildman–Crippen LogP) is 5.52. The fourth-order valence-corrected chi connectivity index (χ4v) is 2.47. The van der Waals surface area contributed by atoms with Crippen LogP contribution in [0.3, 0.4) is 0 Å². The van der Waals surface area contributed by atoms with Crippen molar-refractivity contribution in [2.24, 2.45) is 0 Å². The maximum Gasteiger partial charge on any atom is 0.274 e. The van der Waals surface area contributed by atoms with Crippen LogP contribution in [0.25, 0.3) is 0 Å². The van der Waals surface area contributed by atoms with Crippen molar-refractivity contribution < 1.29 is 9.18 Å². The van der Waals surface area contributed by atoms with E-state index < -0.39 is 5.91 Å². The summed E-state index contributed by atoms with van der Waals surface area (Å²) in [5.74, 6) is -0.745. The minimum Gasteiger partial charge on any atom is -0.355 e. The van der Waals surface area contributed by atoms with Crippen LogP contribution in [-0.2, 0) is 0 Å². The van der Waals surface area contributed by atoms with Gasteiger partial charge in [-0.1, -0.05) is 29.3 Å². The van der Waals surface area contributed by atoms with Gasteiger partial charge >= 0.3 is 0 Å². The topological polar surface area (TPSA) is 54.0 Å². The zero-order chi connectivity index (χ0) is 17.8. The fraction of sp³-hybridized carbons (Fsp3) is 0. The van der Waals surface area contributed by atoms with Crippen LogP contribution in [-0.4, -0.2) is 10.9 Å². The van der Waals surface area contributed by atoms with Crippen molar-refractivity contribution in [2.45, 2.75) is 0 Å². The third kappa shape index (κ3) is 4.26. The average molecular weight is 376 g/mol. The first kappa shape index (κ1) is 17.2. The van der Waals surface area contributed by atoms with Crippen LogP contribution in [0.2, 0.25) is 10.0 Å². The zero-order valence-corrected chi connectivity index (χ0v) is 14.3. The highest BCUT2D eigenvalue weighted by Gasteiger charge is 2.12. The number of hydrogen-bond donors (Lipinski definition) is 2. The van der Waals surface area contributed by atoms with Crippen molar-refractivity contribution in [3.8, 4) is 0 Å². The monoisotopic (exact) mass is 375 g/mol. The molecule has 2 aromatic carbocycles. The first-order chi connectivity index (χ1) is 12.0. The maximum atomic E-state index is 13.0. The molecular weight excluding hydrogens is 364 g/mol. The van der Waals surface area contributed by atoms with Gasteiger partial charge in [-0.25, -0.2) is 4.39 Å². The lowest BCUT2D eigenvalue weighted by Crippen LogP contribution is -2.14. The third-order valence-corrected chi connectivity index (χ3v) is 4.14. The van der Waals surface area contributed by atoms with Crippen LogP contribution in [0.15, 0.2) is 60.8 Å². The number of anilines is 3. The van der Waals surface area contributed by atoms with Crippen molar-refractivity contribution in [1.82, 2.24) is 4.98 Å². The number of hydrogen-bond acceptors (Lipinski definition) is 3. The molecule has 0 aliphatic rings. The lowest BCUT2D eigenvalue weighted by Gasteiger charge is -2.10. The summed E-state index contributed by atoms with van der Waals surface area (Å²) in [4.78, 5) is 16.4. The van der Waals surface area contributed by atoms with E-state index in [0.29, 0.717) is 22.1 Å². The number of nitrogens with one attached hydrogen (secondary N) is 2. The molecule has 0 radical (unpaired) electrons. The lowest BCUT2D eigenvalue weighted by molar-refractivity contribution is 0.102. The van der Waals surface area contributed by atoms with Crippen molar-refractivity contribution in [3.63, 3.8) is 0 Å². The van der Waals surface area contributed by atoms with Crippen LogP contribution < -0.4 is 10.6 Å². The van der Waals surface area contributed by atoms with Gasteiger partial charge in [0.25, 0.3) is 5.91 Å². The second-order valence-corrected chi connectivity index (χ2v) is 5.90. The number of aromatic nitrogens is 1. The molecule has 0 unspecified atom stereocenters. The van der Waals surface area contributed by atoms with Gasteiger partial charge < -0.3 is 10.6 Å². The molecule has 2 N–H and O–H groups in total. The first-order valence-electron chi connectivity index (χ1n) is 7.27. The molecule has 25 heavy (non-hydrogen) atoms. The molecule has 0 saturated heterocycles. The summed E-state index contributed by atoms with van der Waals surface area (Å²) < 4.78 is 13.0. The molecule has 1 amide bonds. The van der Waals surface area contributed by atoms with Gasteiger partial charge in [-0.15, -0.1) is 0 Å². The number of nitrogens with zero attached hydrogens (tertiary/aromatic N) is 1. The van der Waals surface area contributed by atoms with Crippen LogP contribution >= 0.6 is 23.2 Å². The molecule has 4 nitrogen and oxygen atoms in total. The summed E-state index contributed by atoms with van der Waals surface area (Å²) >= 11 is 12.0. The normalized spacial score (nSPS) is 10.4. The average Bonchev–Trinajstić information content (AvgIpc) is 2.61. The Morgan fingerprint density at radius 1 is 1.00 bits per heavy atom. The molecule has 0 atom stereocenters. The van der Waals surface area contributed by atoms with Crippen molar-refractivity contribution in [1.29, 1.82) is 0 Å². The minimum absolute atomic E-state index is 0.197. The van der Waals surface area contributed by atoms with E-state index in [1.54, 1.807) is 42.5 Å². The molecule has 0 fully saturated rings. The highest BCUT2D eigenvalue weighted by molar-refractivity contribution is 6.44. The molecule has 0 aliphatic carbocycles. The van der Waals surface area contributed by atoms with Crippen LogP contribution in [0.4, 0.5) is 21.5 Å². The van der Waals surface area contributed by atoms with Gasteiger partial charge in [0.1, 0.15) is 11.5 Å². The Morgan fingerprint density at radius 3 is 2.52 bits per heavy atom. The van der Waals surface area contributed by atoms with Crippen molar-refractivity contribution in [2.75, 3.05) is 10.6 Å². The van der Waals surface area contributed by atoms with E-state index >= 15 is 0 Å². The van der Waals surface area contributed by atoms with Gasteiger partial charge in [-0.3, -0.25) is 9.78 Å². The van der Waals surface area contributed by atoms with E-state index in [9.17, 15) is 9.18 Å².